The third kappa shape index (κ3) is 4.24. The molecule has 0 saturated carbocycles. The lowest BCUT2D eigenvalue weighted by Crippen LogP contribution is -2.41. The van der Waals surface area contributed by atoms with Gasteiger partial charge < -0.3 is 11.5 Å². The van der Waals surface area contributed by atoms with Gasteiger partial charge in [0, 0.05) is 0 Å². The largest absolute Gasteiger partial charge is 0.368 e. The molecule has 0 fully saturated rings. The summed E-state index contributed by atoms with van der Waals surface area (Å²) in [6.07, 6.45) is 0. The van der Waals surface area contributed by atoms with Crippen LogP contribution in [0.2, 0.25) is 0 Å². The van der Waals surface area contributed by atoms with Gasteiger partial charge in [0.1, 0.15) is 6.04 Å². The van der Waals surface area contributed by atoms with E-state index in [2.05, 4.69) is 5.73 Å². The smallest absolute Gasteiger partial charge is 0.266 e. The molecule has 7 heteroatoms. The van der Waals surface area contributed by atoms with Gasteiger partial charge in [0.05, 0.1) is 5.75 Å². The molecule has 60 valence electrons. The molecule has 0 aliphatic heterocycles. The molecule has 0 aliphatic rings. The first-order valence-corrected chi connectivity index (χ1v) is 3.94. The van der Waals surface area contributed by atoms with E-state index in [9.17, 15) is 13.2 Å². The van der Waals surface area contributed by atoms with Gasteiger partial charge in [0.2, 0.25) is 5.91 Å². The average Bonchev–Trinajstić information content (AvgIpc) is 1.60. The number of carbonyl (C=O) groups is 1. The number of hydrogen-bond acceptors (Lipinski definition) is 4. The Bertz CT molecular complexity index is 221. The van der Waals surface area contributed by atoms with E-state index >= 15 is 0 Å². The molecule has 1 atom stereocenters. The summed E-state index contributed by atoms with van der Waals surface area (Å²) >= 11 is 0. The van der Waals surface area contributed by atoms with Crippen LogP contribution >= 0.6 is 0 Å². The lowest BCUT2D eigenvalue weighted by atomic mass is 10.4. The molecule has 0 radical (unpaired) electrons. The van der Waals surface area contributed by atoms with E-state index < -0.39 is 27.8 Å². The van der Waals surface area contributed by atoms with Crippen LogP contribution in [-0.2, 0) is 14.9 Å². The standard InChI is InChI=1S/C3H8N2O4S/c4-2(3(5)6)1-10(7,8)9/h2H,1,4H2,(H2,5,6)(H,7,8,9)/t2-/m0/s1. The predicted molar refractivity (Wildman–Crippen MR) is 33.6 cm³/mol. The summed E-state index contributed by atoms with van der Waals surface area (Å²) in [6.45, 7) is 0. The second-order valence-electron chi connectivity index (χ2n) is 1.76. The zero-order valence-corrected chi connectivity index (χ0v) is 5.84. The second-order valence-corrected chi connectivity index (χ2v) is 3.25. The van der Waals surface area contributed by atoms with Gasteiger partial charge in [-0.1, -0.05) is 0 Å². The molecule has 5 N–H and O–H groups in total. The van der Waals surface area contributed by atoms with Crippen molar-refractivity contribution >= 4 is 16.0 Å². The fraction of sp³-hybridized carbons (Fsp3) is 0.667. The summed E-state index contributed by atoms with van der Waals surface area (Å²) < 4.78 is 28.1. The van der Waals surface area contributed by atoms with Crippen LogP contribution in [0.25, 0.3) is 0 Å². The van der Waals surface area contributed by atoms with Crippen molar-refractivity contribution in [1.82, 2.24) is 0 Å². The van der Waals surface area contributed by atoms with Crippen LogP contribution in [-0.4, -0.2) is 30.7 Å². The lowest BCUT2D eigenvalue weighted by molar-refractivity contribution is -0.118. The molecule has 0 bridgehead atoms. The number of amides is 1. The minimum Gasteiger partial charge on any atom is -0.368 e. The van der Waals surface area contributed by atoms with E-state index in [1.54, 1.807) is 0 Å². The van der Waals surface area contributed by atoms with Crippen molar-refractivity contribution in [3.05, 3.63) is 0 Å². The van der Waals surface area contributed by atoms with Crippen molar-refractivity contribution in [1.29, 1.82) is 0 Å². The SMILES string of the molecule is NC(=O)[C@@H](N)CS(=O)(=O)O. The molecule has 0 aromatic heterocycles. The number of nitrogens with two attached hydrogens (primary N) is 2. The van der Waals surface area contributed by atoms with E-state index in [0.29, 0.717) is 0 Å². The summed E-state index contributed by atoms with van der Waals surface area (Å²) in [6, 6.07) is -1.34. The molecular formula is C3H8N2O4S. The van der Waals surface area contributed by atoms with Gasteiger partial charge in [0.25, 0.3) is 10.1 Å². The van der Waals surface area contributed by atoms with Crippen molar-refractivity contribution in [3.8, 4) is 0 Å². The molecule has 6 nitrogen and oxygen atoms in total. The predicted octanol–water partition coefficient (Wildman–Crippen LogP) is -2.31. The molecular weight excluding hydrogens is 160 g/mol. The number of carbonyl (C=O) groups excluding carboxylic acids is 1. The minimum atomic E-state index is -4.19. The van der Waals surface area contributed by atoms with Crippen molar-refractivity contribution in [2.75, 3.05) is 5.75 Å². The fourth-order valence-corrected chi connectivity index (χ4v) is 0.927. The van der Waals surface area contributed by atoms with Crippen molar-refractivity contribution < 1.29 is 17.8 Å². The Hall–Kier alpha value is -0.660. The Morgan fingerprint density at radius 1 is 1.60 bits per heavy atom. The summed E-state index contributed by atoms with van der Waals surface area (Å²) in [7, 11) is -4.19. The number of rotatable bonds is 3. The van der Waals surface area contributed by atoms with E-state index in [1.807, 2.05) is 0 Å². The van der Waals surface area contributed by atoms with Crippen molar-refractivity contribution in [2.45, 2.75) is 6.04 Å². The topological polar surface area (TPSA) is 123 Å². The van der Waals surface area contributed by atoms with E-state index in [0.717, 1.165) is 0 Å². The molecule has 1 amide bonds. The first-order chi connectivity index (χ1) is 4.33. The Kier molecular flexibility index (Phi) is 2.76. The van der Waals surface area contributed by atoms with E-state index in [-0.39, 0.29) is 0 Å². The summed E-state index contributed by atoms with van der Waals surface area (Å²) in [4.78, 5) is 10.1. The molecule has 0 unspecified atom stereocenters. The third-order valence-corrected chi connectivity index (χ3v) is 1.54. The number of primary amides is 1. The van der Waals surface area contributed by atoms with Crippen LogP contribution in [0.1, 0.15) is 0 Å². The zero-order chi connectivity index (χ0) is 8.36. The fourth-order valence-electron chi connectivity index (χ4n) is 0.309. The van der Waals surface area contributed by atoms with E-state index in [1.165, 1.54) is 0 Å². The molecule has 0 saturated heterocycles. The Labute approximate surface area is 57.9 Å². The second kappa shape index (κ2) is 2.95. The Morgan fingerprint density at radius 2 is 2.00 bits per heavy atom. The highest BCUT2D eigenvalue weighted by atomic mass is 32.2. The van der Waals surface area contributed by atoms with Gasteiger partial charge >= 0.3 is 0 Å². The first-order valence-electron chi connectivity index (χ1n) is 2.33. The zero-order valence-electron chi connectivity index (χ0n) is 5.02. The highest BCUT2D eigenvalue weighted by Crippen LogP contribution is 1.85. The van der Waals surface area contributed by atoms with Crippen LogP contribution < -0.4 is 11.5 Å². The lowest BCUT2D eigenvalue weighted by Gasteiger charge is -2.02. The maximum absolute atomic E-state index is 10.1. The molecule has 0 rings (SSSR count). The Morgan fingerprint density at radius 3 is 2.10 bits per heavy atom. The van der Waals surface area contributed by atoms with Gasteiger partial charge in [-0.3, -0.25) is 9.35 Å². The summed E-state index contributed by atoms with van der Waals surface area (Å²) in [5, 5.41) is 0. The van der Waals surface area contributed by atoms with Gasteiger partial charge in [-0.15, -0.1) is 0 Å². The maximum Gasteiger partial charge on any atom is 0.266 e. The van der Waals surface area contributed by atoms with Crippen LogP contribution in [0.4, 0.5) is 0 Å². The number of hydrogen-bond donors (Lipinski definition) is 3. The van der Waals surface area contributed by atoms with E-state index in [4.69, 9.17) is 10.3 Å². The molecule has 0 spiro atoms. The van der Waals surface area contributed by atoms with Gasteiger partial charge in [-0.25, -0.2) is 0 Å². The van der Waals surface area contributed by atoms with Gasteiger partial charge in [-0.2, -0.15) is 8.42 Å². The van der Waals surface area contributed by atoms with Crippen molar-refractivity contribution in [2.24, 2.45) is 11.5 Å². The molecule has 0 aromatic carbocycles. The van der Waals surface area contributed by atoms with Crippen LogP contribution in [0.15, 0.2) is 0 Å². The highest BCUT2D eigenvalue weighted by Gasteiger charge is 2.16. The van der Waals surface area contributed by atoms with Gasteiger partial charge in [0.15, 0.2) is 0 Å². The molecule has 0 heterocycles. The average molecular weight is 168 g/mol. The first kappa shape index (κ1) is 9.34. The third-order valence-electron chi connectivity index (χ3n) is 0.756. The molecule has 10 heavy (non-hydrogen) atoms. The molecule has 0 aliphatic carbocycles. The minimum absolute atomic E-state index is 0.831. The monoisotopic (exact) mass is 168 g/mol. The Balaban J connectivity index is 4.06. The van der Waals surface area contributed by atoms with Gasteiger partial charge in [-0.05, 0) is 0 Å². The summed E-state index contributed by atoms with van der Waals surface area (Å²) in [5.74, 6) is -1.79. The van der Waals surface area contributed by atoms with Crippen LogP contribution in [0.3, 0.4) is 0 Å². The maximum atomic E-state index is 10.1. The van der Waals surface area contributed by atoms with Crippen molar-refractivity contribution in [3.63, 3.8) is 0 Å². The molecule has 0 aromatic rings. The highest BCUT2D eigenvalue weighted by molar-refractivity contribution is 7.85. The summed E-state index contributed by atoms with van der Waals surface area (Å²) in [5.41, 5.74) is 9.49. The quantitative estimate of drug-likeness (QED) is 0.408. The van der Waals surface area contributed by atoms with Crippen LogP contribution in [0, 0.1) is 0 Å². The van der Waals surface area contributed by atoms with Crippen LogP contribution in [0.5, 0.6) is 0 Å². The normalized spacial score (nSPS) is 14.6.